The van der Waals surface area contributed by atoms with Gasteiger partial charge in [0.2, 0.25) is 5.82 Å². The zero-order valence-electron chi connectivity index (χ0n) is 16.2. The fraction of sp³-hybridized carbons (Fsp3) is 0.174. The van der Waals surface area contributed by atoms with Gasteiger partial charge in [-0.25, -0.2) is 0 Å². The van der Waals surface area contributed by atoms with Gasteiger partial charge in [-0.15, -0.1) is 5.10 Å². The van der Waals surface area contributed by atoms with Crippen molar-refractivity contribution in [3.05, 3.63) is 107 Å². The highest BCUT2D eigenvalue weighted by Crippen LogP contribution is 2.21. The summed E-state index contributed by atoms with van der Waals surface area (Å²) in [6.07, 6.45) is 0. The molecule has 0 radical (unpaired) electrons. The molecule has 0 fully saturated rings. The molecule has 1 aromatic heterocycles. The van der Waals surface area contributed by atoms with Gasteiger partial charge in [-0.2, -0.15) is 4.68 Å². The highest BCUT2D eigenvalue weighted by molar-refractivity contribution is 5.40. The monoisotopic (exact) mass is 370 g/mol. The fourth-order valence-electron chi connectivity index (χ4n) is 3.67. The first kappa shape index (κ1) is 18.1. The molecule has 140 valence electrons. The van der Waals surface area contributed by atoms with Crippen molar-refractivity contribution < 1.29 is 4.90 Å². The second-order valence-electron chi connectivity index (χ2n) is 7.09. The summed E-state index contributed by atoms with van der Waals surface area (Å²) in [5.41, 5.74) is 4.64. The number of hydrogen-bond acceptors (Lipinski definition) is 3. The van der Waals surface area contributed by atoms with Crippen molar-refractivity contribution in [3.8, 4) is 5.69 Å². The lowest BCUT2D eigenvalue weighted by molar-refractivity contribution is -0.920. The van der Waals surface area contributed by atoms with Crippen LogP contribution in [-0.2, 0) is 6.54 Å². The molecule has 4 rings (SSSR count). The summed E-state index contributed by atoms with van der Waals surface area (Å²) in [5.74, 6) is 0.842. The third kappa shape index (κ3) is 3.70. The molecule has 0 saturated carbocycles. The van der Waals surface area contributed by atoms with E-state index in [9.17, 15) is 0 Å². The molecule has 1 unspecified atom stereocenters. The van der Waals surface area contributed by atoms with E-state index in [1.807, 2.05) is 28.9 Å². The third-order valence-electron chi connectivity index (χ3n) is 5.05. The molecule has 3 aromatic carbocycles. The van der Waals surface area contributed by atoms with Crippen molar-refractivity contribution in [3.63, 3.8) is 0 Å². The van der Waals surface area contributed by atoms with Crippen molar-refractivity contribution in [1.82, 2.24) is 20.2 Å². The fourth-order valence-corrected chi connectivity index (χ4v) is 3.67. The molecule has 0 aliphatic rings. The van der Waals surface area contributed by atoms with Gasteiger partial charge in [0.1, 0.15) is 6.54 Å². The van der Waals surface area contributed by atoms with Gasteiger partial charge in [0.15, 0.2) is 6.04 Å². The maximum Gasteiger partial charge on any atom is 0.218 e. The second kappa shape index (κ2) is 8.15. The molecule has 0 bridgehead atoms. The van der Waals surface area contributed by atoms with E-state index in [2.05, 4.69) is 90.2 Å². The number of quaternary nitrogens is 1. The molecule has 2 atom stereocenters. The topological polar surface area (TPSA) is 48.0 Å². The van der Waals surface area contributed by atoms with Crippen molar-refractivity contribution in [1.29, 1.82) is 0 Å². The molecule has 0 aliphatic heterocycles. The quantitative estimate of drug-likeness (QED) is 0.568. The molecule has 0 aliphatic carbocycles. The SMILES string of the molecule is Cc1ccccc1-n1nnnc1[C@H](c1ccccc1)[NH+](C)Cc1ccccc1. The minimum Gasteiger partial charge on any atom is -0.321 e. The lowest BCUT2D eigenvalue weighted by atomic mass is 10.0. The molecule has 0 saturated heterocycles. The predicted molar refractivity (Wildman–Crippen MR) is 109 cm³/mol. The summed E-state index contributed by atoms with van der Waals surface area (Å²) < 4.78 is 1.88. The number of nitrogens with zero attached hydrogens (tertiary/aromatic N) is 4. The molecule has 5 nitrogen and oxygen atoms in total. The molecule has 0 amide bonds. The van der Waals surface area contributed by atoms with E-state index in [0.717, 1.165) is 23.6 Å². The van der Waals surface area contributed by atoms with Gasteiger partial charge < -0.3 is 4.90 Å². The number of tetrazole rings is 1. The lowest BCUT2D eigenvalue weighted by Gasteiger charge is -2.25. The Kier molecular flexibility index (Phi) is 5.26. The Morgan fingerprint density at radius 2 is 1.50 bits per heavy atom. The number of rotatable bonds is 6. The Morgan fingerprint density at radius 3 is 2.21 bits per heavy atom. The Morgan fingerprint density at radius 1 is 0.857 bits per heavy atom. The van der Waals surface area contributed by atoms with Crippen LogP contribution in [0.4, 0.5) is 0 Å². The maximum absolute atomic E-state index is 4.45. The van der Waals surface area contributed by atoms with Crippen LogP contribution in [0.5, 0.6) is 0 Å². The zero-order valence-corrected chi connectivity index (χ0v) is 16.2. The molecular formula is C23H24N5+. The highest BCUT2D eigenvalue weighted by Gasteiger charge is 2.30. The minimum absolute atomic E-state index is 0.0102. The first-order valence-electron chi connectivity index (χ1n) is 9.49. The van der Waals surface area contributed by atoms with Crippen LogP contribution in [0.1, 0.15) is 28.6 Å². The summed E-state index contributed by atoms with van der Waals surface area (Å²) in [7, 11) is 2.20. The summed E-state index contributed by atoms with van der Waals surface area (Å²) >= 11 is 0. The number of nitrogens with one attached hydrogen (secondary N) is 1. The van der Waals surface area contributed by atoms with Crippen LogP contribution in [0.15, 0.2) is 84.9 Å². The average Bonchev–Trinajstić information content (AvgIpc) is 3.19. The van der Waals surface area contributed by atoms with Crippen LogP contribution in [-0.4, -0.2) is 27.3 Å². The average molecular weight is 370 g/mol. The number of hydrogen-bond donors (Lipinski definition) is 1. The first-order valence-corrected chi connectivity index (χ1v) is 9.49. The van der Waals surface area contributed by atoms with Crippen LogP contribution in [0.2, 0.25) is 0 Å². The van der Waals surface area contributed by atoms with E-state index in [1.54, 1.807) is 0 Å². The van der Waals surface area contributed by atoms with Gasteiger partial charge in [-0.1, -0.05) is 78.9 Å². The lowest BCUT2D eigenvalue weighted by Crippen LogP contribution is -3.08. The summed E-state index contributed by atoms with van der Waals surface area (Å²) in [4.78, 5) is 1.31. The molecular weight excluding hydrogens is 346 g/mol. The Balaban J connectivity index is 1.77. The number of aryl methyl sites for hydroxylation is 1. The van der Waals surface area contributed by atoms with Crippen LogP contribution in [0.3, 0.4) is 0 Å². The van der Waals surface area contributed by atoms with Crippen LogP contribution < -0.4 is 4.90 Å². The second-order valence-corrected chi connectivity index (χ2v) is 7.09. The van der Waals surface area contributed by atoms with Crippen LogP contribution in [0, 0.1) is 6.92 Å². The van der Waals surface area contributed by atoms with Gasteiger partial charge in [0, 0.05) is 11.1 Å². The van der Waals surface area contributed by atoms with E-state index in [4.69, 9.17) is 0 Å². The van der Waals surface area contributed by atoms with Crippen molar-refractivity contribution in [2.45, 2.75) is 19.5 Å². The third-order valence-corrected chi connectivity index (χ3v) is 5.05. The zero-order chi connectivity index (χ0) is 19.3. The van der Waals surface area contributed by atoms with Crippen molar-refractivity contribution in [2.24, 2.45) is 0 Å². The first-order chi connectivity index (χ1) is 13.7. The Labute approximate surface area is 165 Å². The molecule has 5 heteroatoms. The minimum atomic E-state index is 0.0102. The molecule has 28 heavy (non-hydrogen) atoms. The van der Waals surface area contributed by atoms with E-state index in [-0.39, 0.29) is 6.04 Å². The summed E-state index contributed by atoms with van der Waals surface area (Å²) in [6.45, 7) is 2.96. The number of benzene rings is 3. The molecule has 1 heterocycles. The van der Waals surface area contributed by atoms with Crippen molar-refractivity contribution >= 4 is 0 Å². The van der Waals surface area contributed by atoms with Gasteiger partial charge in [0.05, 0.1) is 12.7 Å². The van der Waals surface area contributed by atoms with Gasteiger partial charge in [0.25, 0.3) is 0 Å². The smallest absolute Gasteiger partial charge is 0.218 e. The van der Waals surface area contributed by atoms with Crippen LogP contribution >= 0.6 is 0 Å². The highest BCUT2D eigenvalue weighted by atomic mass is 15.6. The predicted octanol–water partition coefficient (Wildman–Crippen LogP) is 2.78. The maximum atomic E-state index is 4.45. The van der Waals surface area contributed by atoms with E-state index >= 15 is 0 Å². The summed E-state index contributed by atoms with van der Waals surface area (Å²) in [6, 6.07) is 29.2. The largest absolute Gasteiger partial charge is 0.321 e. The van der Waals surface area contributed by atoms with E-state index in [0.29, 0.717) is 0 Å². The molecule has 4 aromatic rings. The Bertz CT molecular complexity index is 1030. The molecule has 0 spiro atoms. The van der Waals surface area contributed by atoms with Crippen LogP contribution in [0.25, 0.3) is 5.69 Å². The number of aromatic nitrogens is 4. The van der Waals surface area contributed by atoms with E-state index in [1.165, 1.54) is 16.0 Å². The number of para-hydroxylation sites is 1. The molecule has 1 N–H and O–H groups in total. The van der Waals surface area contributed by atoms with Gasteiger partial charge in [-0.05, 0) is 29.0 Å². The van der Waals surface area contributed by atoms with Crippen molar-refractivity contribution in [2.75, 3.05) is 7.05 Å². The standard InChI is InChI=1S/C23H23N5/c1-18-11-9-10-16-21(18)28-23(24-25-26-28)22(20-14-7-4-8-15-20)27(2)17-19-12-5-3-6-13-19/h3-16,22H,17H2,1-2H3/p+1/t22-/m0/s1. The normalized spacial score (nSPS) is 13.2. The summed E-state index contributed by atoms with van der Waals surface area (Å²) in [5, 5.41) is 12.8. The Hall–Kier alpha value is -3.31. The van der Waals surface area contributed by atoms with E-state index < -0.39 is 0 Å². The van der Waals surface area contributed by atoms with Gasteiger partial charge in [-0.3, -0.25) is 0 Å². The van der Waals surface area contributed by atoms with Gasteiger partial charge >= 0.3 is 0 Å².